The molecule has 9 heteroatoms. The van der Waals surface area contributed by atoms with Gasteiger partial charge in [-0.05, 0) is 30.7 Å². The van der Waals surface area contributed by atoms with Crippen molar-refractivity contribution < 1.29 is 14.0 Å². The summed E-state index contributed by atoms with van der Waals surface area (Å²) in [5.74, 6) is -1.34. The maximum absolute atomic E-state index is 13.1. The third-order valence-electron chi connectivity index (χ3n) is 4.03. The molecule has 2 heterocycles. The molecule has 0 radical (unpaired) electrons. The molecule has 3 rings (SSSR count). The summed E-state index contributed by atoms with van der Waals surface area (Å²) >= 11 is 0. The minimum atomic E-state index is -0.771. The van der Waals surface area contributed by atoms with Gasteiger partial charge in [0, 0.05) is 31.9 Å². The van der Waals surface area contributed by atoms with Gasteiger partial charge in [0.2, 0.25) is 5.91 Å². The number of hydrogen-bond acceptors (Lipinski definition) is 5. The number of nitrogens with one attached hydrogen (secondary N) is 1. The molecule has 2 amide bonds. The number of anilines is 1. The molecule has 0 spiro atoms. The lowest BCUT2D eigenvalue weighted by atomic mass is 10.1. The molecule has 0 aliphatic carbocycles. The van der Waals surface area contributed by atoms with Crippen molar-refractivity contribution in [2.45, 2.75) is 25.4 Å². The lowest BCUT2D eigenvalue weighted by molar-refractivity contribution is -0.119. The van der Waals surface area contributed by atoms with E-state index in [4.69, 9.17) is 5.73 Å². The normalized spacial score (nSPS) is 16.4. The summed E-state index contributed by atoms with van der Waals surface area (Å²) in [5, 5.41) is 8.37. The molecule has 3 N–H and O–H groups in total. The molecular weight excluding hydrogens is 339 g/mol. The van der Waals surface area contributed by atoms with Crippen molar-refractivity contribution >= 4 is 23.2 Å². The highest BCUT2D eigenvalue weighted by molar-refractivity contribution is 6.40. The summed E-state index contributed by atoms with van der Waals surface area (Å²) in [4.78, 5) is 28.0. The van der Waals surface area contributed by atoms with E-state index in [2.05, 4.69) is 15.4 Å². The van der Waals surface area contributed by atoms with Gasteiger partial charge < -0.3 is 15.6 Å². The predicted octanol–water partition coefficient (Wildman–Crippen LogP) is 0.649. The first-order chi connectivity index (χ1) is 12.5. The van der Waals surface area contributed by atoms with E-state index in [0.29, 0.717) is 12.2 Å². The van der Waals surface area contributed by atoms with E-state index in [-0.39, 0.29) is 18.0 Å². The van der Waals surface area contributed by atoms with Crippen molar-refractivity contribution in [2.75, 3.05) is 11.6 Å². The molecule has 0 saturated heterocycles. The Kier molecular flexibility index (Phi) is 5.26. The van der Waals surface area contributed by atoms with E-state index < -0.39 is 17.8 Å². The first-order valence-electron chi connectivity index (χ1n) is 8.20. The molecule has 1 aromatic heterocycles. The highest BCUT2D eigenvalue weighted by atomic mass is 19.1. The van der Waals surface area contributed by atoms with Crippen LogP contribution in [-0.4, -0.2) is 39.7 Å². The topological polar surface area (TPSA) is 106 Å². The highest BCUT2D eigenvalue weighted by Crippen LogP contribution is 2.24. The number of rotatable bonds is 7. The fourth-order valence-corrected chi connectivity index (χ4v) is 2.69. The molecule has 2 aromatic rings. The molecule has 1 aliphatic rings. The number of aromatic nitrogens is 2. The Bertz CT molecular complexity index is 803. The molecule has 0 bridgehead atoms. The average molecular weight is 358 g/mol. The number of benzene rings is 1. The number of halogens is 1. The Morgan fingerprint density at radius 1 is 1.31 bits per heavy atom. The predicted molar refractivity (Wildman–Crippen MR) is 93.8 cm³/mol. The number of carbonyl (C=O) groups is 2. The Hall–Kier alpha value is -3.23. The molecule has 136 valence electrons. The van der Waals surface area contributed by atoms with Gasteiger partial charge >= 0.3 is 0 Å². The van der Waals surface area contributed by atoms with Crippen molar-refractivity contribution in [1.82, 2.24) is 14.9 Å². The molecule has 1 aromatic carbocycles. The second-order valence-corrected chi connectivity index (χ2v) is 5.90. The number of nitrogens with two attached hydrogens (primary N) is 1. The van der Waals surface area contributed by atoms with Crippen LogP contribution in [0.3, 0.4) is 0 Å². The number of carbonyl (C=O) groups excluding carboxylic acids is 2. The van der Waals surface area contributed by atoms with E-state index in [1.807, 2.05) is 10.8 Å². The summed E-state index contributed by atoms with van der Waals surface area (Å²) in [7, 11) is 0. The molecular formula is C17H19FN6O2. The van der Waals surface area contributed by atoms with Crippen LogP contribution in [0.1, 0.15) is 12.8 Å². The van der Waals surface area contributed by atoms with E-state index in [1.54, 1.807) is 12.5 Å². The van der Waals surface area contributed by atoms with E-state index in [9.17, 15) is 14.0 Å². The van der Waals surface area contributed by atoms with Crippen molar-refractivity contribution in [1.29, 1.82) is 0 Å². The van der Waals surface area contributed by atoms with E-state index in [1.165, 1.54) is 29.3 Å². The Morgan fingerprint density at radius 3 is 2.73 bits per heavy atom. The maximum Gasteiger partial charge on any atom is 0.267 e. The third-order valence-corrected chi connectivity index (χ3v) is 4.03. The fraction of sp³-hybridized carbons (Fsp3) is 0.294. The Balaban J connectivity index is 1.61. The number of hydrogen-bond donors (Lipinski definition) is 2. The summed E-state index contributed by atoms with van der Waals surface area (Å²) in [6.45, 7) is 1.20. The number of primary amides is 1. The van der Waals surface area contributed by atoms with Crippen LogP contribution in [0.2, 0.25) is 0 Å². The van der Waals surface area contributed by atoms with Gasteiger partial charge in [-0.2, -0.15) is 5.10 Å². The zero-order valence-corrected chi connectivity index (χ0v) is 14.0. The highest BCUT2D eigenvalue weighted by Gasteiger charge is 2.34. The largest absolute Gasteiger partial charge is 0.368 e. The molecule has 1 unspecified atom stereocenters. The van der Waals surface area contributed by atoms with Gasteiger partial charge in [0.25, 0.3) is 5.91 Å². The second kappa shape index (κ2) is 7.77. The zero-order chi connectivity index (χ0) is 18.5. The van der Waals surface area contributed by atoms with Gasteiger partial charge in [-0.1, -0.05) is 0 Å². The Morgan fingerprint density at radius 2 is 2.08 bits per heavy atom. The lowest BCUT2D eigenvalue weighted by Gasteiger charge is -2.20. The van der Waals surface area contributed by atoms with Crippen molar-refractivity contribution in [3.05, 3.63) is 48.8 Å². The van der Waals surface area contributed by atoms with Crippen molar-refractivity contribution in [3.8, 4) is 0 Å². The van der Waals surface area contributed by atoms with Gasteiger partial charge in [-0.25, -0.2) is 9.37 Å². The Labute approximate surface area is 149 Å². The van der Waals surface area contributed by atoms with Crippen LogP contribution in [0, 0.1) is 5.82 Å². The summed E-state index contributed by atoms with van der Waals surface area (Å²) in [6.07, 6.45) is 6.10. The van der Waals surface area contributed by atoms with Crippen LogP contribution in [0.15, 0.2) is 48.1 Å². The van der Waals surface area contributed by atoms with Gasteiger partial charge in [0.15, 0.2) is 0 Å². The smallest absolute Gasteiger partial charge is 0.267 e. The summed E-state index contributed by atoms with van der Waals surface area (Å²) in [6, 6.07) is 4.72. The van der Waals surface area contributed by atoms with Crippen LogP contribution in [-0.2, 0) is 16.1 Å². The molecule has 26 heavy (non-hydrogen) atoms. The van der Waals surface area contributed by atoms with Crippen molar-refractivity contribution in [3.63, 3.8) is 0 Å². The SMILES string of the molecule is NC(=O)C1CC(C(=O)NCCCn2ccnc2)=NN1c1ccc(F)cc1. The van der Waals surface area contributed by atoms with E-state index in [0.717, 1.165) is 13.0 Å². The van der Waals surface area contributed by atoms with Crippen LogP contribution in [0.5, 0.6) is 0 Å². The van der Waals surface area contributed by atoms with Crippen LogP contribution in [0.4, 0.5) is 10.1 Å². The molecule has 0 fully saturated rings. The summed E-state index contributed by atoms with van der Waals surface area (Å²) < 4.78 is 15.0. The summed E-state index contributed by atoms with van der Waals surface area (Å²) in [5.41, 5.74) is 6.15. The van der Waals surface area contributed by atoms with Gasteiger partial charge in [0.05, 0.1) is 12.0 Å². The minimum Gasteiger partial charge on any atom is -0.368 e. The number of aryl methyl sites for hydroxylation is 1. The number of nitrogens with zero attached hydrogens (tertiary/aromatic N) is 4. The first kappa shape index (κ1) is 17.6. The zero-order valence-electron chi connectivity index (χ0n) is 14.0. The maximum atomic E-state index is 13.1. The molecule has 1 atom stereocenters. The monoisotopic (exact) mass is 358 g/mol. The fourth-order valence-electron chi connectivity index (χ4n) is 2.69. The van der Waals surface area contributed by atoms with Gasteiger partial charge in [-0.15, -0.1) is 0 Å². The van der Waals surface area contributed by atoms with E-state index >= 15 is 0 Å². The van der Waals surface area contributed by atoms with Crippen LogP contribution in [0.25, 0.3) is 0 Å². The second-order valence-electron chi connectivity index (χ2n) is 5.90. The quantitative estimate of drug-likeness (QED) is 0.709. The van der Waals surface area contributed by atoms with Gasteiger partial charge in [-0.3, -0.25) is 14.6 Å². The average Bonchev–Trinajstić information content (AvgIpc) is 3.29. The van der Waals surface area contributed by atoms with Gasteiger partial charge in [0.1, 0.15) is 17.6 Å². The minimum absolute atomic E-state index is 0.111. The number of imidazole rings is 1. The van der Waals surface area contributed by atoms with Crippen LogP contribution < -0.4 is 16.1 Å². The standard InChI is InChI=1S/C17H19FN6O2/c18-12-2-4-13(5-3-12)24-15(16(19)25)10-14(22-24)17(26)21-6-1-8-23-9-7-20-11-23/h2-5,7,9,11,15H,1,6,8,10H2,(H2,19,25)(H,21,26). The first-order valence-corrected chi connectivity index (χ1v) is 8.20. The van der Waals surface area contributed by atoms with Crippen LogP contribution >= 0.6 is 0 Å². The number of amides is 2. The van der Waals surface area contributed by atoms with Crippen molar-refractivity contribution in [2.24, 2.45) is 10.8 Å². The molecule has 1 aliphatic heterocycles. The number of hydrazone groups is 1. The third kappa shape index (κ3) is 4.05. The lowest BCUT2D eigenvalue weighted by Crippen LogP contribution is -2.40. The molecule has 0 saturated carbocycles. The molecule has 8 nitrogen and oxygen atoms in total.